The highest BCUT2D eigenvalue weighted by atomic mass is 16.3. The van der Waals surface area contributed by atoms with E-state index in [1.54, 1.807) is 0 Å². The molecule has 0 unspecified atom stereocenters. The van der Waals surface area contributed by atoms with Gasteiger partial charge in [0.1, 0.15) is 0 Å². The second-order valence-corrected chi connectivity index (χ2v) is 5.45. The van der Waals surface area contributed by atoms with Gasteiger partial charge in [0.05, 0.1) is 12.6 Å². The smallest absolute Gasteiger partial charge is 0.220 e. The van der Waals surface area contributed by atoms with Crippen LogP contribution in [0.3, 0.4) is 0 Å². The maximum atomic E-state index is 12.0. The highest BCUT2D eigenvalue weighted by Crippen LogP contribution is 2.18. The molecule has 1 fully saturated rings. The molecule has 1 aromatic rings. The molecular weight excluding hydrogens is 252 g/mol. The molecule has 0 bridgehead atoms. The fourth-order valence-electron chi connectivity index (χ4n) is 2.69. The predicted octanol–water partition coefficient (Wildman–Crippen LogP) is 1.62. The van der Waals surface area contributed by atoms with Gasteiger partial charge in [0, 0.05) is 6.42 Å². The van der Waals surface area contributed by atoms with E-state index in [2.05, 4.69) is 10.6 Å². The van der Waals surface area contributed by atoms with E-state index >= 15 is 0 Å². The van der Waals surface area contributed by atoms with Crippen molar-refractivity contribution in [3.05, 3.63) is 35.9 Å². The van der Waals surface area contributed by atoms with Crippen LogP contribution in [0.5, 0.6) is 0 Å². The lowest BCUT2D eigenvalue weighted by atomic mass is 9.93. The first kappa shape index (κ1) is 15.0. The lowest BCUT2D eigenvalue weighted by Crippen LogP contribution is -2.32. The fraction of sp³-hybridized carbons (Fsp3) is 0.562. The first-order chi connectivity index (χ1) is 9.79. The summed E-state index contributed by atoms with van der Waals surface area (Å²) in [5.74, 6) is 0.692. The number of carbonyl (C=O) groups excluding carboxylic acids is 1. The number of hydrogen-bond acceptors (Lipinski definition) is 3. The van der Waals surface area contributed by atoms with Gasteiger partial charge in [-0.05, 0) is 43.8 Å². The van der Waals surface area contributed by atoms with E-state index in [4.69, 9.17) is 0 Å². The van der Waals surface area contributed by atoms with Crippen LogP contribution < -0.4 is 10.6 Å². The van der Waals surface area contributed by atoms with Crippen molar-refractivity contribution in [2.45, 2.75) is 31.7 Å². The molecule has 1 aromatic carbocycles. The van der Waals surface area contributed by atoms with Gasteiger partial charge in [0.25, 0.3) is 0 Å². The Morgan fingerprint density at radius 3 is 2.65 bits per heavy atom. The summed E-state index contributed by atoms with van der Waals surface area (Å²) in [4.78, 5) is 12.0. The molecule has 1 aliphatic rings. The van der Waals surface area contributed by atoms with Gasteiger partial charge in [-0.15, -0.1) is 0 Å². The van der Waals surface area contributed by atoms with Gasteiger partial charge in [-0.2, -0.15) is 0 Å². The Balaban J connectivity index is 1.77. The largest absolute Gasteiger partial charge is 0.394 e. The highest BCUT2D eigenvalue weighted by molar-refractivity contribution is 5.76. The summed E-state index contributed by atoms with van der Waals surface area (Å²) >= 11 is 0. The van der Waals surface area contributed by atoms with E-state index in [1.807, 2.05) is 30.3 Å². The Bertz CT molecular complexity index is 402. The predicted molar refractivity (Wildman–Crippen MR) is 79.2 cm³/mol. The van der Waals surface area contributed by atoms with Crippen LogP contribution in [0.4, 0.5) is 0 Å². The summed E-state index contributed by atoms with van der Waals surface area (Å²) in [6, 6.07) is 9.31. The van der Waals surface area contributed by atoms with Crippen molar-refractivity contribution in [2.75, 3.05) is 19.7 Å². The standard InChI is InChI=1S/C16H24N2O2/c19-12-15(14-4-2-1-3-5-14)18-16(20)7-6-13-8-10-17-11-9-13/h1-5,13,15,17,19H,6-12H2,(H,18,20)/t15-/m0/s1. The van der Waals surface area contributed by atoms with Gasteiger partial charge in [-0.3, -0.25) is 4.79 Å². The molecule has 0 aliphatic carbocycles. The van der Waals surface area contributed by atoms with Crippen molar-refractivity contribution < 1.29 is 9.90 Å². The number of nitrogens with one attached hydrogen (secondary N) is 2. The van der Waals surface area contributed by atoms with Crippen LogP contribution in [0, 0.1) is 5.92 Å². The number of rotatable bonds is 6. The van der Waals surface area contributed by atoms with E-state index in [9.17, 15) is 9.90 Å². The average molecular weight is 276 g/mol. The Morgan fingerprint density at radius 1 is 1.30 bits per heavy atom. The summed E-state index contributed by atoms with van der Waals surface area (Å²) in [7, 11) is 0. The van der Waals surface area contributed by atoms with Crippen LogP contribution >= 0.6 is 0 Å². The SMILES string of the molecule is O=C(CCC1CCNCC1)N[C@@H](CO)c1ccccc1. The third kappa shape index (κ3) is 4.62. The van der Waals surface area contributed by atoms with Crippen molar-refractivity contribution in [1.82, 2.24) is 10.6 Å². The molecule has 4 heteroatoms. The van der Waals surface area contributed by atoms with E-state index in [0.717, 1.165) is 37.9 Å². The summed E-state index contributed by atoms with van der Waals surface area (Å²) in [6.07, 6.45) is 3.82. The quantitative estimate of drug-likeness (QED) is 0.740. The molecule has 1 heterocycles. The molecule has 3 N–H and O–H groups in total. The first-order valence-corrected chi connectivity index (χ1v) is 7.45. The van der Waals surface area contributed by atoms with Gasteiger partial charge >= 0.3 is 0 Å². The third-order valence-electron chi connectivity index (χ3n) is 3.96. The Labute approximate surface area is 120 Å². The molecule has 0 spiro atoms. The van der Waals surface area contributed by atoms with E-state index in [1.165, 1.54) is 0 Å². The molecule has 0 aromatic heterocycles. The van der Waals surface area contributed by atoms with Crippen LogP contribution in [0.25, 0.3) is 0 Å². The zero-order chi connectivity index (χ0) is 14.2. The van der Waals surface area contributed by atoms with Crippen LogP contribution in [0.1, 0.15) is 37.3 Å². The zero-order valence-corrected chi connectivity index (χ0v) is 11.8. The maximum absolute atomic E-state index is 12.0. The van der Waals surface area contributed by atoms with Gasteiger partial charge in [0.2, 0.25) is 5.91 Å². The number of piperidine rings is 1. The Morgan fingerprint density at radius 2 is 2.00 bits per heavy atom. The van der Waals surface area contributed by atoms with Crippen molar-refractivity contribution in [2.24, 2.45) is 5.92 Å². The van der Waals surface area contributed by atoms with Crippen LogP contribution in [0.2, 0.25) is 0 Å². The molecule has 4 nitrogen and oxygen atoms in total. The van der Waals surface area contributed by atoms with Gasteiger partial charge in [0.15, 0.2) is 0 Å². The second kappa shape index (κ2) is 8.02. The number of hydrogen-bond donors (Lipinski definition) is 3. The second-order valence-electron chi connectivity index (χ2n) is 5.45. The molecule has 110 valence electrons. The molecule has 0 radical (unpaired) electrons. The van der Waals surface area contributed by atoms with Crippen molar-refractivity contribution >= 4 is 5.91 Å². The summed E-state index contributed by atoms with van der Waals surface area (Å²) < 4.78 is 0. The molecule has 1 atom stereocenters. The van der Waals surface area contributed by atoms with E-state index in [0.29, 0.717) is 12.3 Å². The monoisotopic (exact) mass is 276 g/mol. The zero-order valence-electron chi connectivity index (χ0n) is 11.8. The number of aliphatic hydroxyl groups is 1. The molecule has 2 rings (SSSR count). The molecule has 0 saturated carbocycles. The van der Waals surface area contributed by atoms with Crippen molar-refractivity contribution in [3.8, 4) is 0 Å². The third-order valence-corrected chi connectivity index (χ3v) is 3.96. The van der Waals surface area contributed by atoms with Gasteiger partial charge < -0.3 is 15.7 Å². The van der Waals surface area contributed by atoms with Crippen LogP contribution in [0.15, 0.2) is 30.3 Å². The summed E-state index contributed by atoms with van der Waals surface area (Å²) in [5, 5.41) is 15.7. The average Bonchev–Trinajstić information content (AvgIpc) is 2.52. The lowest BCUT2D eigenvalue weighted by molar-refractivity contribution is -0.122. The van der Waals surface area contributed by atoms with Gasteiger partial charge in [-0.1, -0.05) is 30.3 Å². The molecular formula is C16H24N2O2. The maximum Gasteiger partial charge on any atom is 0.220 e. The Hall–Kier alpha value is -1.39. The minimum atomic E-state index is -0.295. The molecule has 1 aliphatic heterocycles. The van der Waals surface area contributed by atoms with Gasteiger partial charge in [-0.25, -0.2) is 0 Å². The number of carbonyl (C=O) groups is 1. The normalized spacial score (nSPS) is 17.6. The van der Waals surface area contributed by atoms with E-state index in [-0.39, 0.29) is 18.6 Å². The molecule has 1 saturated heterocycles. The molecule has 1 amide bonds. The number of aliphatic hydroxyl groups excluding tert-OH is 1. The summed E-state index contributed by atoms with van der Waals surface area (Å²) in [6.45, 7) is 2.06. The number of benzene rings is 1. The van der Waals surface area contributed by atoms with Crippen molar-refractivity contribution in [3.63, 3.8) is 0 Å². The lowest BCUT2D eigenvalue weighted by Gasteiger charge is -2.23. The minimum Gasteiger partial charge on any atom is -0.394 e. The molecule has 20 heavy (non-hydrogen) atoms. The highest BCUT2D eigenvalue weighted by Gasteiger charge is 2.17. The number of amides is 1. The minimum absolute atomic E-state index is 0.0337. The van der Waals surface area contributed by atoms with Crippen LogP contribution in [-0.2, 0) is 4.79 Å². The fourth-order valence-corrected chi connectivity index (χ4v) is 2.69. The first-order valence-electron chi connectivity index (χ1n) is 7.45. The topological polar surface area (TPSA) is 61.4 Å². The van der Waals surface area contributed by atoms with E-state index < -0.39 is 0 Å². The van der Waals surface area contributed by atoms with Crippen LogP contribution in [-0.4, -0.2) is 30.7 Å². The van der Waals surface area contributed by atoms with Crippen molar-refractivity contribution in [1.29, 1.82) is 0 Å². The Kier molecular flexibility index (Phi) is 6.02. The summed E-state index contributed by atoms with van der Waals surface area (Å²) in [5.41, 5.74) is 0.949.